The number of benzene rings is 1. The van der Waals surface area contributed by atoms with Crippen LogP contribution in [0, 0.1) is 17.0 Å². The van der Waals surface area contributed by atoms with Gasteiger partial charge in [-0.15, -0.1) is 0 Å². The van der Waals surface area contributed by atoms with Crippen LogP contribution in [0.1, 0.15) is 12.0 Å². The van der Waals surface area contributed by atoms with E-state index in [1.165, 1.54) is 13.2 Å². The van der Waals surface area contributed by atoms with E-state index in [9.17, 15) is 14.9 Å². The first-order valence-corrected chi connectivity index (χ1v) is 5.49. The average Bonchev–Trinajstić information content (AvgIpc) is 2.35. The van der Waals surface area contributed by atoms with Crippen molar-refractivity contribution in [3.63, 3.8) is 0 Å². The second kappa shape index (κ2) is 6.00. The number of hydrogen-bond donors (Lipinski definition) is 0. The van der Waals surface area contributed by atoms with Crippen LogP contribution in [0.5, 0.6) is 0 Å². The average molecular weight is 252 g/mol. The number of carbonyl (C=O) groups is 1. The van der Waals surface area contributed by atoms with Crippen LogP contribution < -0.4 is 4.90 Å². The zero-order chi connectivity index (χ0) is 13.7. The molecule has 0 aromatic heterocycles. The van der Waals surface area contributed by atoms with Crippen LogP contribution in [0.2, 0.25) is 0 Å². The maximum atomic E-state index is 11.1. The maximum Gasteiger partial charge on any atom is 0.307 e. The molecule has 1 rings (SSSR count). The van der Waals surface area contributed by atoms with Gasteiger partial charge in [0.15, 0.2) is 0 Å². The smallest absolute Gasteiger partial charge is 0.307 e. The van der Waals surface area contributed by atoms with Crippen molar-refractivity contribution in [3.8, 4) is 0 Å². The van der Waals surface area contributed by atoms with Crippen LogP contribution in [0.3, 0.4) is 0 Å². The lowest BCUT2D eigenvalue weighted by Gasteiger charge is -2.20. The normalized spacial score (nSPS) is 9.94. The van der Waals surface area contributed by atoms with Crippen molar-refractivity contribution >= 4 is 17.3 Å². The number of ether oxygens (including phenoxy) is 1. The van der Waals surface area contributed by atoms with Gasteiger partial charge in [0.25, 0.3) is 5.69 Å². The molecule has 0 saturated carbocycles. The molecule has 0 fully saturated rings. The molecule has 0 aliphatic heterocycles. The number of hydrogen-bond acceptors (Lipinski definition) is 5. The molecular formula is C12H16N2O4. The highest BCUT2D eigenvalue weighted by atomic mass is 16.6. The molecule has 0 radical (unpaired) electrons. The fourth-order valence-electron chi connectivity index (χ4n) is 1.70. The second-order valence-electron chi connectivity index (χ2n) is 3.93. The van der Waals surface area contributed by atoms with Crippen LogP contribution in [-0.4, -0.2) is 31.6 Å². The topological polar surface area (TPSA) is 72.7 Å². The van der Waals surface area contributed by atoms with Gasteiger partial charge in [0.05, 0.1) is 18.5 Å². The van der Waals surface area contributed by atoms with E-state index in [1.807, 2.05) is 0 Å². The third-order valence-corrected chi connectivity index (χ3v) is 2.76. The number of nitro benzene ring substituents is 1. The Morgan fingerprint density at radius 3 is 2.72 bits per heavy atom. The summed E-state index contributed by atoms with van der Waals surface area (Å²) in [5, 5.41) is 10.8. The quantitative estimate of drug-likeness (QED) is 0.454. The third kappa shape index (κ3) is 3.19. The minimum absolute atomic E-state index is 0.0809. The molecule has 0 aliphatic carbocycles. The largest absolute Gasteiger partial charge is 0.469 e. The Bertz CT molecular complexity index is 459. The standard InChI is InChI=1S/C12H16N2O4/c1-9-10(5-4-6-11(9)14(16)17)13(2)8-7-12(15)18-3/h4-6H,7-8H2,1-3H3. The molecule has 18 heavy (non-hydrogen) atoms. The predicted octanol–water partition coefficient (Wildman–Crippen LogP) is 1.90. The van der Waals surface area contributed by atoms with Gasteiger partial charge in [0.2, 0.25) is 0 Å². The summed E-state index contributed by atoms with van der Waals surface area (Å²) in [6.45, 7) is 2.15. The van der Waals surface area contributed by atoms with Crippen LogP contribution in [0.4, 0.5) is 11.4 Å². The first-order chi connectivity index (χ1) is 8.47. The summed E-state index contributed by atoms with van der Waals surface area (Å²) >= 11 is 0. The van der Waals surface area contributed by atoms with Gasteiger partial charge in [0, 0.05) is 30.9 Å². The van der Waals surface area contributed by atoms with E-state index in [1.54, 1.807) is 31.0 Å². The summed E-state index contributed by atoms with van der Waals surface area (Å²) in [6, 6.07) is 4.89. The molecule has 6 heteroatoms. The van der Waals surface area contributed by atoms with Gasteiger partial charge in [-0.25, -0.2) is 0 Å². The zero-order valence-corrected chi connectivity index (χ0v) is 10.7. The lowest BCUT2D eigenvalue weighted by atomic mass is 10.1. The van der Waals surface area contributed by atoms with Crippen LogP contribution in [0.25, 0.3) is 0 Å². The van der Waals surface area contributed by atoms with Crippen molar-refractivity contribution < 1.29 is 14.5 Å². The summed E-state index contributed by atoms with van der Waals surface area (Å²) in [7, 11) is 3.12. The Morgan fingerprint density at radius 1 is 1.50 bits per heavy atom. The van der Waals surface area contributed by atoms with Gasteiger partial charge in [-0.2, -0.15) is 0 Å². The first kappa shape index (κ1) is 14.0. The maximum absolute atomic E-state index is 11.1. The Hall–Kier alpha value is -2.11. The first-order valence-electron chi connectivity index (χ1n) is 5.49. The summed E-state index contributed by atoms with van der Waals surface area (Å²) in [4.78, 5) is 23.3. The van der Waals surface area contributed by atoms with Gasteiger partial charge >= 0.3 is 5.97 Å². The summed E-state index contributed by atoms with van der Waals surface area (Å²) in [6.07, 6.45) is 0.245. The molecule has 0 amide bonds. The van der Waals surface area contributed by atoms with Crippen molar-refractivity contribution in [3.05, 3.63) is 33.9 Å². The molecule has 6 nitrogen and oxygen atoms in total. The minimum Gasteiger partial charge on any atom is -0.469 e. The monoisotopic (exact) mass is 252 g/mol. The number of esters is 1. The van der Waals surface area contributed by atoms with Gasteiger partial charge in [-0.1, -0.05) is 6.07 Å². The molecule has 0 saturated heterocycles. The van der Waals surface area contributed by atoms with E-state index in [0.717, 1.165) is 5.69 Å². The van der Waals surface area contributed by atoms with Crippen LogP contribution in [-0.2, 0) is 9.53 Å². The Kier molecular flexibility index (Phi) is 4.65. The Balaban J connectivity index is 2.86. The molecule has 1 aromatic carbocycles. The number of nitro groups is 1. The molecule has 0 N–H and O–H groups in total. The summed E-state index contributed by atoms with van der Waals surface area (Å²) in [5.41, 5.74) is 1.42. The van der Waals surface area contributed by atoms with Crippen LogP contribution >= 0.6 is 0 Å². The van der Waals surface area contributed by atoms with E-state index in [-0.39, 0.29) is 18.1 Å². The van der Waals surface area contributed by atoms with Crippen molar-refractivity contribution in [2.45, 2.75) is 13.3 Å². The van der Waals surface area contributed by atoms with E-state index in [4.69, 9.17) is 0 Å². The summed E-state index contributed by atoms with van der Waals surface area (Å²) in [5.74, 6) is -0.301. The van der Waals surface area contributed by atoms with E-state index in [2.05, 4.69) is 4.74 Å². The Labute approximate surface area is 105 Å². The molecule has 1 aromatic rings. The van der Waals surface area contributed by atoms with E-state index in [0.29, 0.717) is 12.1 Å². The zero-order valence-electron chi connectivity index (χ0n) is 10.7. The SMILES string of the molecule is COC(=O)CCN(C)c1cccc([N+](=O)[O-])c1C. The van der Waals surface area contributed by atoms with Gasteiger partial charge < -0.3 is 9.64 Å². The molecule has 0 bridgehead atoms. The molecule has 0 unspecified atom stereocenters. The third-order valence-electron chi connectivity index (χ3n) is 2.76. The minimum atomic E-state index is -0.410. The van der Waals surface area contributed by atoms with Crippen LogP contribution in [0.15, 0.2) is 18.2 Å². The fourth-order valence-corrected chi connectivity index (χ4v) is 1.70. The number of rotatable bonds is 5. The molecule has 0 aliphatic rings. The molecule has 98 valence electrons. The number of methoxy groups -OCH3 is 1. The van der Waals surface area contributed by atoms with Gasteiger partial charge in [-0.05, 0) is 13.0 Å². The van der Waals surface area contributed by atoms with Crippen molar-refractivity contribution in [1.82, 2.24) is 0 Å². The molecule has 0 spiro atoms. The number of carbonyl (C=O) groups excluding carboxylic acids is 1. The predicted molar refractivity (Wildman–Crippen MR) is 67.7 cm³/mol. The highest BCUT2D eigenvalue weighted by Crippen LogP contribution is 2.27. The van der Waals surface area contributed by atoms with Crippen molar-refractivity contribution in [2.24, 2.45) is 0 Å². The lowest BCUT2D eigenvalue weighted by Crippen LogP contribution is -2.22. The highest BCUT2D eigenvalue weighted by Gasteiger charge is 2.16. The number of anilines is 1. The van der Waals surface area contributed by atoms with Gasteiger partial charge in [-0.3, -0.25) is 14.9 Å². The van der Waals surface area contributed by atoms with Crippen molar-refractivity contribution in [2.75, 3.05) is 25.6 Å². The lowest BCUT2D eigenvalue weighted by molar-refractivity contribution is -0.385. The molecular weight excluding hydrogens is 236 g/mol. The van der Waals surface area contributed by atoms with E-state index < -0.39 is 4.92 Å². The molecule has 0 atom stereocenters. The fraction of sp³-hybridized carbons (Fsp3) is 0.417. The highest BCUT2D eigenvalue weighted by molar-refractivity contribution is 5.70. The molecule has 0 heterocycles. The van der Waals surface area contributed by atoms with E-state index >= 15 is 0 Å². The van der Waals surface area contributed by atoms with Gasteiger partial charge in [0.1, 0.15) is 0 Å². The Morgan fingerprint density at radius 2 is 2.17 bits per heavy atom. The second-order valence-corrected chi connectivity index (χ2v) is 3.93. The summed E-state index contributed by atoms with van der Waals surface area (Å²) < 4.78 is 4.55. The van der Waals surface area contributed by atoms with Crippen molar-refractivity contribution in [1.29, 1.82) is 0 Å². The number of nitrogens with zero attached hydrogens (tertiary/aromatic N) is 2.